The van der Waals surface area contributed by atoms with Crippen LogP contribution in [0.4, 0.5) is 16.4 Å². The van der Waals surface area contributed by atoms with Crippen LogP contribution in [0.15, 0.2) is 83.9 Å². The number of benzene rings is 3. The lowest BCUT2D eigenvalue weighted by Crippen LogP contribution is -2.29. The summed E-state index contributed by atoms with van der Waals surface area (Å²) in [7, 11) is 0. The Kier molecular flexibility index (Phi) is 6.18. The number of rotatable bonds is 5. The number of fused-ring (bicyclic) bond motifs is 2. The zero-order chi connectivity index (χ0) is 25.4. The molecule has 37 heavy (non-hydrogen) atoms. The largest absolute Gasteiger partial charge is 0.322 e. The number of aliphatic imine (C=N–C) groups is 1. The highest BCUT2D eigenvalue weighted by molar-refractivity contribution is 7.16. The van der Waals surface area contributed by atoms with Gasteiger partial charge in [0.1, 0.15) is 10.7 Å². The van der Waals surface area contributed by atoms with E-state index in [0.717, 1.165) is 59.3 Å². The lowest BCUT2D eigenvalue weighted by molar-refractivity contribution is -0.112. The minimum atomic E-state index is -0.164. The number of thiophene rings is 1. The number of carbonyl (C=O) groups is 2. The molecule has 0 radical (unpaired) electrons. The molecule has 4 aromatic rings. The van der Waals surface area contributed by atoms with Crippen LogP contribution in [0.3, 0.4) is 0 Å². The normalized spacial score (nSPS) is 15.5. The Bertz CT molecular complexity index is 1520. The Balaban J connectivity index is 1.41. The molecule has 0 saturated heterocycles. The molecule has 1 aromatic heterocycles. The molecule has 5 nitrogen and oxygen atoms in total. The summed E-state index contributed by atoms with van der Waals surface area (Å²) in [6.07, 6.45) is 3.96. The van der Waals surface area contributed by atoms with Gasteiger partial charge in [-0.3, -0.25) is 9.59 Å². The van der Waals surface area contributed by atoms with Crippen LogP contribution in [0.25, 0.3) is 0 Å². The van der Waals surface area contributed by atoms with Gasteiger partial charge < -0.3 is 10.2 Å². The fourth-order valence-electron chi connectivity index (χ4n) is 5.09. The van der Waals surface area contributed by atoms with Crippen molar-refractivity contribution in [2.24, 2.45) is 4.99 Å². The highest BCUT2D eigenvalue weighted by atomic mass is 32.1. The van der Waals surface area contributed by atoms with Crippen LogP contribution in [0, 0.1) is 6.92 Å². The van der Waals surface area contributed by atoms with Gasteiger partial charge in [-0.05, 0) is 61.9 Å². The summed E-state index contributed by atoms with van der Waals surface area (Å²) in [6.45, 7) is 2.49. The third-order valence-corrected chi connectivity index (χ3v) is 8.17. The predicted octanol–water partition coefficient (Wildman–Crippen LogP) is 6.86. The standard InChI is InChI=1S/C31H27N3O2S/c1-20-15-17-22(18-16-20)32-29(35)27-24-12-6-8-14-26(24)37-30(27)33-28-23-11-5-7-13-25(23)34(31(28)36)19-21-9-3-2-4-10-21/h2-5,7,9-11,13,15-18H,6,8,12,14,19H2,1H3,(H,32,35). The van der Waals surface area contributed by atoms with Crippen molar-refractivity contribution in [2.45, 2.75) is 39.2 Å². The van der Waals surface area contributed by atoms with Gasteiger partial charge in [0.25, 0.3) is 11.8 Å². The van der Waals surface area contributed by atoms with E-state index in [1.54, 1.807) is 16.2 Å². The number of nitrogens with zero attached hydrogens (tertiary/aromatic N) is 2. The number of hydrogen-bond donors (Lipinski definition) is 1. The summed E-state index contributed by atoms with van der Waals surface area (Å²) in [6, 6.07) is 25.5. The van der Waals surface area contributed by atoms with E-state index < -0.39 is 0 Å². The van der Waals surface area contributed by atoms with Gasteiger partial charge in [-0.25, -0.2) is 4.99 Å². The molecule has 2 aliphatic rings. The van der Waals surface area contributed by atoms with Crippen LogP contribution in [0.2, 0.25) is 0 Å². The van der Waals surface area contributed by atoms with Gasteiger partial charge in [0.15, 0.2) is 0 Å². The Morgan fingerprint density at radius 3 is 2.49 bits per heavy atom. The molecule has 0 bridgehead atoms. The molecule has 0 fully saturated rings. The first-order chi connectivity index (χ1) is 18.1. The second-order valence-corrected chi connectivity index (χ2v) is 10.6. The molecule has 1 aliphatic carbocycles. The number of nitrogens with one attached hydrogen (secondary N) is 1. The SMILES string of the molecule is Cc1ccc(NC(=O)c2c(N=C3C(=O)N(Cc4ccccc4)c4ccccc43)sc3c2CCCC3)cc1. The Labute approximate surface area is 220 Å². The molecular formula is C31H27N3O2S. The van der Waals surface area contributed by atoms with Crippen molar-refractivity contribution < 1.29 is 9.59 Å². The molecule has 6 heteroatoms. The number of carbonyl (C=O) groups excluding carboxylic acids is 2. The molecule has 0 atom stereocenters. The van der Waals surface area contributed by atoms with E-state index in [4.69, 9.17) is 4.99 Å². The molecule has 0 unspecified atom stereocenters. The average molecular weight is 506 g/mol. The highest BCUT2D eigenvalue weighted by Gasteiger charge is 2.35. The van der Waals surface area contributed by atoms with Gasteiger partial charge in [-0.1, -0.05) is 66.2 Å². The van der Waals surface area contributed by atoms with Crippen LogP contribution in [0.5, 0.6) is 0 Å². The van der Waals surface area contributed by atoms with Gasteiger partial charge in [-0.15, -0.1) is 11.3 Å². The van der Waals surface area contributed by atoms with Gasteiger partial charge >= 0.3 is 0 Å². The zero-order valence-corrected chi connectivity index (χ0v) is 21.5. The van der Waals surface area contributed by atoms with Gasteiger partial charge in [0.05, 0.1) is 17.8 Å². The Morgan fingerprint density at radius 1 is 0.946 bits per heavy atom. The average Bonchev–Trinajstić information content (AvgIpc) is 3.41. The molecule has 2 heterocycles. The van der Waals surface area contributed by atoms with Crippen LogP contribution in [0.1, 0.15) is 50.3 Å². The summed E-state index contributed by atoms with van der Waals surface area (Å²) in [4.78, 5) is 35.2. The first-order valence-electron chi connectivity index (χ1n) is 12.6. The van der Waals surface area contributed by atoms with Crippen molar-refractivity contribution in [1.82, 2.24) is 0 Å². The van der Waals surface area contributed by atoms with Crippen LogP contribution in [-0.2, 0) is 24.2 Å². The van der Waals surface area contributed by atoms with Gasteiger partial charge in [0, 0.05) is 16.1 Å². The molecule has 0 saturated carbocycles. The third-order valence-electron chi connectivity index (χ3n) is 6.98. The summed E-state index contributed by atoms with van der Waals surface area (Å²) >= 11 is 1.55. The summed E-state index contributed by atoms with van der Waals surface area (Å²) < 4.78 is 0. The van der Waals surface area contributed by atoms with Crippen molar-refractivity contribution in [3.05, 3.63) is 112 Å². The van der Waals surface area contributed by atoms with E-state index in [-0.39, 0.29) is 11.8 Å². The van der Waals surface area contributed by atoms with E-state index in [0.29, 0.717) is 22.8 Å². The zero-order valence-electron chi connectivity index (χ0n) is 20.7. The van der Waals surface area contributed by atoms with E-state index in [1.807, 2.05) is 85.8 Å². The van der Waals surface area contributed by atoms with E-state index in [9.17, 15) is 9.59 Å². The Morgan fingerprint density at radius 2 is 1.68 bits per heavy atom. The fraction of sp³-hybridized carbons (Fsp3) is 0.194. The number of amides is 2. The minimum Gasteiger partial charge on any atom is -0.322 e. The molecule has 184 valence electrons. The minimum absolute atomic E-state index is 0.138. The lowest BCUT2D eigenvalue weighted by Gasteiger charge is -2.16. The first kappa shape index (κ1) is 23.4. The lowest BCUT2D eigenvalue weighted by atomic mass is 9.95. The molecule has 3 aromatic carbocycles. The topological polar surface area (TPSA) is 61.8 Å². The molecule has 1 aliphatic heterocycles. The van der Waals surface area contributed by atoms with Gasteiger partial charge in [0.2, 0.25) is 0 Å². The maximum absolute atomic E-state index is 13.7. The number of para-hydroxylation sites is 1. The van der Waals surface area contributed by atoms with E-state index >= 15 is 0 Å². The van der Waals surface area contributed by atoms with Crippen molar-refractivity contribution in [2.75, 3.05) is 10.2 Å². The molecule has 6 rings (SSSR count). The molecular weight excluding hydrogens is 478 g/mol. The van der Waals surface area contributed by atoms with Gasteiger partial charge in [-0.2, -0.15) is 0 Å². The maximum Gasteiger partial charge on any atom is 0.277 e. The molecule has 2 amide bonds. The Hall–Kier alpha value is -4.03. The molecule has 0 spiro atoms. The first-order valence-corrected chi connectivity index (χ1v) is 13.5. The van der Waals surface area contributed by atoms with Crippen LogP contribution in [-0.4, -0.2) is 17.5 Å². The number of aryl methyl sites for hydroxylation is 2. The van der Waals surface area contributed by atoms with E-state index in [1.165, 1.54) is 4.88 Å². The van der Waals surface area contributed by atoms with Crippen molar-refractivity contribution in [3.63, 3.8) is 0 Å². The van der Waals surface area contributed by atoms with Crippen molar-refractivity contribution >= 4 is 45.2 Å². The molecule has 1 N–H and O–H groups in total. The van der Waals surface area contributed by atoms with Crippen molar-refractivity contribution in [3.8, 4) is 0 Å². The quantitative estimate of drug-likeness (QED) is 0.322. The summed E-state index contributed by atoms with van der Waals surface area (Å²) in [5.41, 5.74) is 6.69. The number of hydrogen-bond acceptors (Lipinski definition) is 4. The van der Waals surface area contributed by atoms with Crippen molar-refractivity contribution in [1.29, 1.82) is 0 Å². The maximum atomic E-state index is 13.7. The third kappa shape index (κ3) is 4.49. The van der Waals surface area contributed by atoms with E-state index in [2.05, 4.69) is 5.32 Å². The van der Waals surface area contributed by atoms with Crippen LogP contribution >= 0.6 is 11.3 Å². The summed E-state index contributed by atoms with van der Waals surface area (Å²) in [5.74, 6) is -0.302. The monoisotopic (exact) mass is 505 g/mol. The second-order valence-electron chi connectivity index (χ2n) is 9.57. The second kappa shape index (κ2) is 9.79. The fourth-order valence-corrected chi connectivity index (χ4v) is 6.35. The number of anilines is 2. The smallest absolute Gasteiger partial charge is 0.277 e. The summed E-state index contributed by atoms with van der Waals surface area (Å²) in [5, 5.41) is 3.68. The highest BCUT2D eigenvalue weighted by Crippen LogP contribution is 2.42. The van der Waals surface area contributed by atoms with Crippen LogP contribution < -0.4 is 10.2 Å². The predicted molar refractivity (Wildman–Crippen MR) is 150 cm³/mol.